The van der Waals surface area contributed by atoms with Gasteiger partial charge in [0.25, 0.3) is 0 Å². The molecule has 2 aromatic carbocycles. The molecule has 0 saturated carbocycles. The molecule has 5 heteroatoms. The number of hydrogen-bond acceptors (Lipinski definition) is 4. The number of hydrogen-bond donors (Lipinski definition) is 1. The summed E-state index contributed by atoms with van der Waals surface area (Å²) >= 11 is 0. The van der Waals surface area contributed by atoms with Gasteiger partial charge in [0.2, 0.25) is 0 Å². The molecule has 0 amide bonds. The highest BCUT2D eigenvalue weighted by molar-refractivity contribution is 5.70. The first-order chi connectivity index (χ1) is 11.8. The number of nitrogens with two attached hydrogens (primary N) is 1. The molecule has 0 aliphatic heterocycles. The lowest BCUT2D eigenvalue weighted by Crippen LogP contribution is -2.26. The summed E-state index contributed by atoms with van der Waals surface area (Å²) in [6, 6.07) is 16.1. The van der Waals surface area contributed by atoms with Crippen molar-refractivity contribution in [2.45, 2.75) is 19.4 Å². The van der Waals surface area contributed by atoms with Gasteiger partial charge in [-0.2, -0.15) is 0 Å². The molecule has 4 nitrogen and oxygen atoms in total. The monoisotopic (exact) mass is 343 g/mol. The minimum atomic E-state index is -0.549. The zero-order valence-electron chi connectivity index (χ0n) is 15.2. The van der Waals surface area contributed by atoms with Crippen LogP contribution in [0.15, 0.2) is 48.5 Å². The molecule has 0 aromatic heterocycles. The summed E-state index contributed by atoms with van der Waals surface area (Å²) in [6.07, 6.45) is 4.10. The Morgan fingerprint density at radius 2 is 1.44 bits per heavy atom. The van der Waals surface area contributed by atoms with Gasteiger partial charge < -0.3 is 9.75 Å². The Morgan fingerprint density at radius 3 is 1.88 bits per heavy atom. The van der Waals surface area contributed by atoms with Crippen LogP contribution in [0.25, 0.3) is 12.2 Å². The minimum absolute atomic E-state index is 0.0668. The van der Waals surface area contributed by atoms with Gasteiger partial charge >= 0.3 is 0 Å². The van der Waals surface area contributed by atoms with Gasteiger partial charge in [-0.3, -0.25) is 0 Å². The Labute approximate surface area is 149 Å². The van der Waals surface area contributed by atoms with Crippen molar-refractivity contribution < 1.29 is 9.22 Å². The molecule has 0 aliphatic rings. The topological polar surface area (TPSA) is 41.7 Å². The first kappa shape index (κ1) is 19.1. The predicted octanol–water partition coefficient (Wildman–Crippen LogP) is 4.19. The van der Waals surface area contributed by atoms with Crippen LogP contribution in [0.1, 0.15) is 30.5 Å². The lowest BCUT2D eigenvalue weighted by atomic mass is 9.97. The third-order valence-electron chi connectivity index (χ3n) is 3.98. The van der Waals surface area contributed by atoms with E-state index in [1.54, 1.807) is 5.01 Å². The van der Waals surface area contributed by atoms with Gasteiger partial charge in [0.05, 0.1) is 11.3 Å². The van der Waals surface area contributed by atoms with Gasteiger partial charge in [0.15, 0.2) is 0 Å². The Bertz CT molecular complexity index is 692. The molecule has 0 bridgehead atoms. The molecule has 0 radical (unpaired) electrons. The van der Waals surface area contributed by atoms with E-state index in [9.17, 15) is 4.48 Å². The van der Waals surface area contributed by atoms with Gasteiger partial charge in [-0.05, 0) is 42.7 Å². The van der Waals surface area contributed by atoms with E-state index in [0.29, 0.717) is 5.12 Å². The summed E-state index contributed by atoms with van der Waals surface area (Å²) in [7, 11) is 3.14. The lowest BCUT2D eigenvalue weighted by molar-refractivity contribution is -0.129. The molecular weight excluding hydrogens is 317 g/mol. The minimum Gasteiger partial charge on any atom is -0.353 e. The second-order valence-electron chi connectivity index (χ2n) is 6.55. The van der Waals surface area contributed by atoms with Crippen LogP contribution in [-0.2, 0) is 10.3 Å². The highest BCUT2D eigenvalue weighted by Crippen LogP contribution is 2.25. The highest BCUT2D eigenvalue weighted by Gasteiger charge is 2.21. The van der Waals surface area contributed by atoms with Crippen molar-refractivity contribution in [2.75, 3.05) is 25.8 Å². The molecule has 2 N–H and O–H groups in total. The Morgan fingerprint density at radius 1 is 0.960 bits per heavy atom. The van der Waals surface area contributed by atoms with Crippen LogP contribution in [0.2, 0.25) is 0 Å². The third kappa shape index (κ3) is 5.67. The number of anilines is 1. The van der Waals surface area contributed by atoms with E-state index in [-0.39, 0.29) is 6.73 Å². The van der Waals surface area contributed by atoms with Gasteiger partial charge in [0, 0.05) is 14.1 Å². The largest absolute Gasteiger partial charge is 0.353 e. The maximum atomic E-state index is 12.8. The number of nitrogens with zero attached hydrogens (tertiary/aromatic N) is 2. The highest BCUT2D eigenvalue weighted by atomic mass is 19.2. The zero-order chi connectivity index (χ0) is 18.4. The van der Waals surface area contributed by atoms with Crippen LogP contribution in [0.4, 0.5) is 10.2 Å². The molecule has 0 saturated heterocycles. The van der Waals surface area contributed by atoms with E-state index in [4.69, 9.17) is 10.6 Å². The maximum Gasteiger partial charge on any atom is 0.128 e. The molecule has 0 fully saturated rings. The van der Waals surface area contributed by atoms with Gasteiger partial charge in [0.1, 0.15) is 6.73 Å². The maximum absolute atomic E-state index is 12.8. The first-order valence-electron chi connectivity index (χ1n) is 8.16. The fraction of sp³-hybridized carbons (Fsp3) is 0.300. The number of rotatable bonds is 7. The standard InChI is InChI=1S/C20H26FN3O/c1-20(2,25-15-23(3)21)18-11-7-16(8-12-18)5-6-17-9-13-19(14-10-17)24(4)22/h5-14H,15,22H2,1-4H3/b6-5+. The first-order valence-corrected chi connectivity index (χ1v) is 8.16. The Balaban J connectivity index is 2.04. The fourth-order valence-corrected chi connectivity index (χ4v) is 2.34. The SMILES string of the molecule is CN(F)COC(C)(C)c1ccc(/C=C/c2ccc(N(C)N)cc2)cc1. The van der Waals surface area contributed by atoms with Crippen molar-refractivity contribution in [3.63, 3.8) is 0 Å². The third-order valence-corrected chi connectivity index (χ3v) is 3.98. The van der Waals surface area contributed by atoms with E-state index >= 15 is 0 Å². The van der Waals surface area contributed by atoms with Crippen molar-refractivity contribution in [1.29, 1.82) is 0 Å². The number of ether oxygens (including phenoxy) is 1. The van der Waals surface area contributed by atoms with Crippen molar-refractivity contribution in [3.8, 4) is 0 Å². The molecule has 2 aromatic rings. The molecule has 0 unspecified atom stereocenters. The van der Waals surface area contributed by atoms with Crippen LogP contribution in [0.3, 0.4) is 0 Å². The number of benzene rings is 2. The van der Waals surface area contributed by atoms with E-state index in [1.165, 1.54) is 7.05 Å². The van der Waals surface area contributed by atoms with Gasteiger partial charge in [-0.1, -0.05) is 48.6 Å². The van der Waals surface area contributed by atoms with E-state index in [1.807, 2.05) is 75.5 Å². The van der Waals surface area contributed by atoms with Crippen LogP contribution in [0, 0.1) is 0 Å². The van der Waals surface area contributed by atoms with Crippen molar-refractivity contribution in [1.82, 2.24) is 5.12 Å². The second-order valence-corrected chi connectivity index (χ2v) is 6.55. The Hall–Kier alpha value is -2.21. The normalized spacial score (nSPS) is 12.1. The van der Waals surface area contributed by atoms with Crippen LogP contribution >= 0.6 is 0 Å². The molecule has 0 aliphatic carbocycles. The summed E-state index contributed by atoms with van der Waals surface area (Å²) < 4.78 is 18.4. The van der Waals surface area contributed by atoms with Crippen LogP contribution < -0.4 is 10.9 Å². The predicted molar refractivity (Wildman–Crippen MR) is 102 cm³/mol. The zero-order valence-corrected chi connectivity index (χ0v) is 15.2. The average Bonchev–Trinajstić information content (AvgIpc) is 2.59. The summed E-state index contributed by atoms with van der Waals surface area (Å²) in [4.78, 5) is 0. The van der Waals surface area contributed by atoms with Gasteiger partial charge in [-0.15, -0.1) is 9.60 Å². The summed E-state index contributed by atoms with van der Waals surface area (Å²) in [5, 5.41) is 2.10. The number of hydrazine groups is 1. The molecule has 25 heavy (non-hydrogen) atoms. The molecule has 134 valence electrons. The van der Waals surface area contributed by atoms with E-state index in [0.717, 1.165) is 22.4 Å². The molecule has 2 rings (SSSR count). The Kier molecular flexibility index (Phi) is 6.31. The van der Waals surface area contributed by atoms with Gasteiger partial charge in [-0.25, -0.2) is 5.84 Å². The number of halogens is 1. The quantitative estimate of drug-likeness (QED) is 0.269. The molecule has 0 atom stereocenters. The van der Waals surface area contributed by atoms with Crippen molar-refractivity contribution in [2.24, 2.45) is 5.84 Å². The molecule has 0 spiro atoms. The summed E-state index contributed by atoms with van der Waals surface area (Å²) in [5.41, 5.74) is 3.60. The summed E-state index contributed by atoms with van der Waals surface area (Å²) in [5.74, 6) is 5.70. The lowest BCUT2D eigenvalue weighted by Gasteiger charge is -2.26. The fourth-order valence-electron chi connectivity index (χ4n) is 2.34. The molecule has 0 heterocycles. The average molecular weight is 343 g/mol. The summed E-state index contributed by atoms with van der Waals surface area (Å²) in [6.45, 7) is 3.79. The van der Waals surface area contributed by atoms with Crippen LogP contribution in [-0.4, -0.2) is 25.9 Å². The second kappa shape index (κ2) is 8.25. The molecular formula is C20H26FN3O. The van der Waals surface area contributed by atoms with Crippen molar-refractivity contribution >= 4 is 17.8 Å². The van der Waals surface area contributed by atoms with E-state index in [2.05, 4.69) is 6.08 Å². The van der Waals surface area contributed by atoms with Crippen molar-refractivity contribution in [3.05, 3.63) is 65.2 Å². The van der Waals surface area contributed by atoms with Crippen LogP contribution in [0.5, 0.6) is 0 Å². The van der Waals surface area contributed by atoms with E-state index < -0.39 is 5.60 Å². The smallest absolute Gasteiger partial charge is 0.128 e.